The van der Waals surface area contributed by atoms with Crippen LogP contribution in [-0.2, 0) is 4.79 Å². The number of nitrogens with zero attached hydrogens (tertiary/aromatic N) is 1. The molecule has 0 rings (SSSR count). The molecule has 0 bridgehead atoms. The van der Waals surface area contributed by atoms with Gasteiger partial charge in [0.2, 0.25) is 0 Å². The monoisotopic (exact) mass is 194 g/mol. The summed E-state index contributed by atoms with van der Waals surface area (Å²) in [6.45, 7) is 6.98. The Morgan fingerprint density at radius 2 is 2.07 bits per heavy atom. The lowest BCUT2D eigenvalue weighted by Gasteiger charge is -2.09. The van der Waals surface area contributed by atoms with Crippen LogP contribution in [0.3, 0.4) is 0 Å². The molecular formula is C12H20NO. The highest BCUT2D eigenvalue weighted by Gasteiger charge is 1.94. The Morgan fingerprint density at radius 1 is 1.29 bits per heavy atom. The molecule has 0 fully saturated rings. The van der Waals surface area contributed by atoms with Gasteiger partial charge in [0, 0.05) is 13.1 Å². The summed E-state index contributed by atoms with van der Waals surface area (Å²) < 4.78 is 0. The van der Waals surface area contributed by atoms with Crippen molar-refractivity contribution in [2.24, 2.45) is 0 Å². The number of allylic oxidation sites excluding steroid dienone is 1. The van der Waals surface area contributed by atoms with Crippen molar-refractivity contribution in [1.29, 1.82) is 0 Å². The molecule has 0 saturated carbocycles. The van der Waals surface area contributed by atoms with Crippen LogP contribution in [0.1, 0.15) is 32.6 Å². The van der Waals surface area contributed by atoms with E-state index >= 15 is 0 Å². The maximum Gasteiger partial charge on any atom is 0.312 e. The number of hydrogen-bond acceptors (Lipinski definition) is 1. The van der Waals surface area contributed by atoms with Gasteiger partial charge in [-0.1, -0.05) is 38.0 Å². The van der Waals surface area contributed by atoms with Gasteiger partial charge in [0.1, 0.15) is 0 Å². The van der Waals surface area contributed by atoms with Crippen molar-refractivity contribution in [3.05, 3.63) is 24.8 Å². The van der Waals surface area contributed by atoms with Gasteiger partial charge >= 0.3 is 6.41 Å². The molecule has 0 aliphatic carbocycles. The Hall–Kier alpha value is -1.05. The number of carbonyl (C=O) groups excluding carboxylic acids is 1. The number of hydrogen-bond donors (Lipinski definition) is 0. The molecule has 0 saturated heterocycles. The molecule has 1 amide bonds. The van der Waals surface area contributed by atoms with Crippen LogP contribution in [0.15, 0.2) is 24.8 Å². The minimum Gasteiger partial charge on any atom is -0.327 e. The highest BCUT2D eigenvalue weighted by atomic mass is 16.1. The van der Waals surface area contributed by atoms with E-state index in [9.17, 15) is 4.79 Å². The lowest BCUT2D eigenvalue weighted by molar-refractivity contribution is 0.437. The molecule has 2 heteroatoms. The van der Waals surface area contributed by atoms with E-state index in [1.54, 1.807) is 11.0 Å². The highest BCUT2D eigenvalue weighted by molar-refractivity contribution is 5.48. The Morgan fingerprint density at radius 3 is 2.64 bits per heavy atom. The van der Waals surface area contributed by atoms with Crippen molar-refractivity contribution in [3.63, 3.8) is 0 Å². The van der Waals surface area contributed by atoms with Crippen molar-refractivity contribution < 1.29 is 4.79 Å². The standard InChI is InChI=1S/C12H20NO/c1-3-5-6-7-8-9-11-13(12-14)10-4-2/h4,8-9H,2-3,5-7,10-11H2,1H3. The predicted octanol–water partition coefficient (Wildman–Crippen LogP) is 2.68. The summed E-state index contributed by atoms with van der Waals surface area (Å²) in [5.41, 5.74) is 0. The average Bonchev–Trinajstić information content (AvgIpc) is 2.21. The smallest absolute Gasteiger partial charge is 0.312 e. The molecule has 0 unspecified atom stereocenters. The first-order chi connectivity index (χ1) is 6.85. The Labute approximate surface area is 87.3 Å². The zero-order chi connectivity index (χ0) is 10.6. The molecule has 0 aromatic carbocycles. The maximum absolute atomic E-state index is 10.4. The first kappa shape index (κ1) is 12.9. The zero-order valence-electron chi connectivity index (χ0n) is 9.04. The first-order valence-electron chi connectivity index (χ1n) is 5.23. The summed E-state index contributed by atoms with van der Waals surface area (Å²) in [6.07, 6.45) is 12.6. The van der Waals surface area contributed by atoms with Gasteiger partial charge in [-0.15, -0.1) is 6.58 Å². The Bertz CT molecular complexity index is 175. The fourth-order valence-corrected chi connectivity index (χ4v) is 1.14. The maximum atomic E-state index is 10.4. The predicted molar refractivity (Wildman–Crippen MR) is 60.7 cm³/mol. The van der Waals surface area contributed by atoms with Crippen molar-refractivity contribution >= 4 is 6.41 Å². The van der Waals surface area contributed by atoms with E-state index < -0.39 is 0 Å². The van der Waals surface area contributed by atoms with E-state index in [2.05, 4.69) is 19.6 Å². The van der Waals surface area contributed by atoms with Crippen molar-refractivity contribution in [2.75, 3.05) is 13.1 Å². The minimum atomic E-state index is 0.572. The van der Waals surface area contributed by atoms with Crippen LogP contribution in [0.2, 0.25) is 0 Å². The van der Waals surface area contributed by atoms with Gasteiger partial charge < -0.3 is 4.90 Å². The highest BCUT2D eigenvalue weighted by Crippen LogP contribution is 1.99. The van der Waals surface area contributed by atoms with Gasteiger partial charge in [0.25, 0.3) is 0 Å². The Balaban J connectivity index is 3.47. The van der Waals surface area contributed by atoms with E-state index in [-0.39, 0.29) is 0 Å². The van der Waals surface area contributed by atoms with Crippen LogP contribution in [0.25, 0.3) is 0 Å². The molecule has 0 aromatic heterocycles. The third-order valence-corrected chi connectivity index (χ3v) is 1.95. The van der Waals surface area contributed by atoms with Crippen LogP contribution >= 0.6 is 0 Å². The van der Waals surface area contributed by atoms with Crippen LogP contribution in [0, 0.1) is 0 Å². The van der Waals surface area contributed by atoms with Gasteiger partial charge in [-0.3, -0.25) is 4.79 Å². The second-order valence-corrected chi connectivity index (χ2v) is 3.25. The summed E-state index contributed by atoms with van der Waals surface area (Å²) >= 11 is 0. The molecule has 0 aromatic rings. The van der Waals surface area contributed by atoms with Gasteiger partial charge in [-0.05, 0) is 12.8 Å². The van der Waals surface area contributed by atoms with E-state index in [0.717, 1.165) is 6.42 Å². The number of unbranched alkanes of at least 4 members (excludes halogenated alkanes) is 3. The second-order valence-electron chi connectivity index (χ2n) is 3.25. The first-order valence-corrected chi connectivity index (χ1v) is 5.23. The fourth-order valence-electron chi connectivity index (χ4n) is 1.14. The molecular weight excluding hydrogens is 174 g/mol. The number of amides is 1. The molecule has 79 valence electrons. The largest absolute Gasteiger partial charge is 0.327 e. The lowest BCUT2D eigenvalue weighted by Crippen LogP contribution is -2.21. The molecule has 1 radical (unpaired) electrons. The quantitative estimate of drug-likeness (QED) is 0.314. The third kappa shape index (κ3) is 7.59. The van der Waals surface area contributed by atoms with Gasteiger partial charge in [-0.2, -0.15) is 0 Å². The van der Waals surface area contributed by atoms with Crippen LogP contribution < -0.4 is 0 Å². The summed E-state index contributed by atoms with van der Waals surface area (Å²) in [6, 6.07) is 0. The zero-order valence-corrected chi connectivity index (χ0v) is 9.04. The van der Waals surface area contributed by atoms with Crippen LogP contribution in [0.4, 0.5) is 0 Å². The fraction of sp³-hybridized carbons (Fsp3) is 0.583. The minimum absolute atomic E-state index is 0.572. The summed E-state index contributed by atoms with van der Waals surface area (Å²) in [5.74, 6) is 0. The summed E-state index contributed by atoms with van der Waals surface area (Å²) in [7, 11) is 0. The van der Waals surface area contributed by atoms with Crippen molar-refractivity contribution in [2.45, 2.75) is 32.6 Å². The van der Waals surface area contributed by atoms with E-state index in [0.29, 0.717) is 13.1 Å². The molecule has 2 nitrogen and oxygen atoms in total. The Kier molecular flexibility index (Phi) is 9.28. The second kappa shape index (κ2) is 10.0. The van der Waals surface area contributed by atoms with Gasteiger partial charge in [0.05, 0.1) is 0 Å². The molecule has 0 spiro atoms. The summed E-state index contributed by atoms with van der Waals surface area (Å²) in [4.78, 5) is 11.9. The number of rotatable bonds is 9. The SMILES string of the molecule is C=CCN([C]=O)CC=CCCCCC. The van der Waals surface area contributed by atoms with E-state index in [1.165, 1.54) is 19.3 Å². The normalized spacial score (nSPS) is 10.4. The third-order valence-electron chi connectivity index (χ3n) is 1.95. The average molecular weight is 194 g/mol. The van der Waals surface area contributed by atoms with Crippen molar-refractivity contribution in [3.8, 4) is 0 Å². The van der Waals surface area contributed by atoms with E-state index in [4.69, 9.17) is 0 Å². The van der Waals surface area contributed by atoms with E-state index in [1.807, 2.05) is 12.5 Å². The topological polar surface area (TPSA) is 20.3 Å². The molecule has 14 heavy (non-hydrogen) atoms. The van der Waals surface area contributed by atoms with Crippen LogP contribution in [0.5, 0.6) is 0 Å². The van der Waals surface area contributed by atoms with Crippen molar-refractivity contribution in [1.82, 2.24) is 4.90 Å². The summed E-state index contributed by atoms with van der Waals surface area (Å²) in [5, 5.41) is 0. The molecule has 0 aliphatic heterocycles. The molecule has 0 aliphatic rings. The van der Waals surface area contributed by atoms with Gasteiger partial charge in [0.15, 0.2) is 0 Å². The molecule has 0 atom stereocenters. The molecule has 0 heterocycles. The van der Waals surface area contributed by atoms with Gasteiger partial charge in [-0.25, -0.2) is 0 Å². The lowest BCUT2D eigenvalue weighted by atomic mass is 10.2. The molecule has 0 N–H and O–H groups in total. The van der Waals surface area contributed by atoms with Crippen LogP contribution in [-0.4, -0.2) is 24.4 Å².